The van der Waals surface area contributed by atoms with Crippen LogP contribution in [-0.4, -0.2) is 96.7 Å². The number of esters is 4. The zero-order valence-electron chi connectivity index (χ0n) is 61.4. The number of allylic oxidation sites excluding steroid dienone is 18. The van der Waals surface area contributed by atoms with Crippen molar-refractivity contribution in [1.29, 1.82) is 0 Å². The van der Waals surface area contributed by atoms with Gasteiger partial charge in [-0.05, 0) is 109 Å². The maximum atomic E-state index is 13.1. The molecule has 98 heavy (non-hydrogen) atoms. The first kappa shape index (κ1) is 93.7. The molecule has 0 aliphatic rings. The summed E-state index contributed by atoms with van der Waals surface area (Å²) in [6.45, 7) is 4.57. The Balaban J connectivity index is 5.36. The Bertz CT molecular complexity index is 2290. The maximum Gasteiger partial charge on any atom is 0.472 e. The van der Waals surface area contributed by atoms with Crippen molar-refractivity contribution in [2.75, 3.05) is 39.6 Å². The van der Waals surface area contributed by atoms with E-state index in [9.17, 15) is 43.2 Å². The molecule has 19 heteroatoms. The molecule has 5 unspecified atom stereocenters. The molecule has 5 atom stereocenters. The van der Waals surface area contributed by atoms with Crippen LogP contribution >= 0.6 is 15.6 Å². The highest BCUT2D eigenvalue weighted by atomic mass is 31.2. The van der Waals surface area contributed by atoms with Gasteiger partial charge in [-0.15, -0.1) is 0 Å². The summed E-state index contributed by atoms with van der Waals surface area (Å²) < 4.78 is 68.4. The third-order valence-electron chi connectivity index (χ3n) is 15.8. The molecule has 0 spiro atoms. The van der Waals surface area contributed by atoms with Crippen LogP contribution in [0.3, 0.4) is 0 Å². The van der Waals surface area contributed by atoms with E-state index in [1.807, 2.05) is 0 Å². The minimum absolute atomic E-state index is 0.0871. The summed E-state index contributed by atoms with van der Waals surface area (Å²) >= 11 is 0. The van der Waals surface area contributed by atoms with E-state index in [1.165, 1.54) is 89.9 Å². The molecule has 0 heterocycles. The molecule has 0 fully saturated rings. The van der Waals surface area contributed by atoms with Gasteiger partial charge in [0, 0.05) is 25.7 Å². The molecule has 3 N–H and O–H groups in total. The minimum atomic E-state index is -4.98. The van der Waals surface area contributed by atoms with E-state index in [4.69, 9.17) is 37.0 Å². The number of carbonyl (C=O) groups excluding carboxylic acids is 4. The molecular weight excluding hydrogens is 1280 g/mol. The Morgan fingerprint density at radius 2 is 0.531 bits per heavy atom. The fourth-order valence-corrected chi connectivity index (χ4v) is 11.6. The van der Waals surface area contributed by atoms with Crippen molar-refractivity contribution < 1.29 is 80.2 Å². The van der Waals surface area contributed by atoms with Crippen LogP contribution in [0.2, 0.25) is 0 Å². The van der Waals surface area contributed by atoms with Gasteiger partial charge in [-0.2, -0.15) is 0 Å². The van der Waals surface area contributed by atoms with E-state index in [2.05, 4.69) is 137 Å². The van der Waals surface area contributed by atoms with Crippen molar-refractivity contribution in [3.05, 3.63) is 109 Å². The van der Waals surface area contributed by atoms with Crippen LogP contribution in [0.15, 0.2) is 109 Å². The quantitative estimate of drug-likeness (QED) is 0.0169. The molecular formula is C79H136O17P2. The predicted molar refractivity (Wildman–Crippen MR) is 399 cm³/mol. The fraction of sp³-hybridized carbons (Fsp3) is 0.722. The van der Waals surface area contributed by atoms with Gasteiger partial charge in [0.05, 0.1) is 26.4 Å². The number of phosphoric ester groups is 2. The zero-order valence-corrected chi connectivity index (χ0v) is 63.2. The van der Waals surface area contributed by atoms with Gasteiger partial charge >= 0.3 is 39.5 Å². The second-order valence-corrected chi connectivity index (χ2v) is 28.1. The Morgan fingerprint density at radius 1 is 0.296 bits per heavy atom. The lowest BCUT2D eigenvalue weighted by atomic mass is 10.0. The van der Waals surface area contributed by atoms with Crippen molar-refractivity contribution in [1.82, 2.24) is 0 Å². The predicted octanol–water partition coefficient (Wildman–Crippen LogP) is 21.8. The van der Waals surface area contributed by atoms with Crippen LogP contribution in [0.4, 0.5) is 0 Å². The molecule has 0 aromatic carbocycles. The van der Waals surface area contributed by atoms with Crippen LogP contribution in [-0.2, 0) is 65.4 Å². The number of hydrogen-bond donors (Lipinski definition) is 3. The summed E-state index contributed by atoms with van der Waals surface area (Å²) in [5.41, 5.74) is 0. The molecule has 0 aliphatic heterocycles. The van der Waals surface area contributed by atoms with E-state index in [0.29, 0.717) is 25.7 Å². The summed E-state index contributed by atoms with van der Waals surface area (Å²) in [5.74, 6) is -2.25. The smallest absolute Gasteiger partial charge is 0.462 e. The molecule has 0 radical (unpaired) electrons. The molecule has 0 bridgehead atoms. The van der Waals surface area contributed by atoms with Crippen LogP contribution in [0.25, 0.3) is 0 Å². The average molecular weight is 1420 g/mol. The Kier molecular flexibility index (Phi) is 68.0. The molecule has 0 aliphatic carbocycles. The van der Waals surface area contributed by atoms with Crippen LogP contribution < -0.4 is 0 Å². The van der Waals surface area contributed by atoms with Crippen molar-refractivity contribution in [2.45, 2.75) is 329 Å². The largest absolute Gasteiger partial charge is 0.472 e. The normalized spacial score (nSPS) is 14.6. The van der Waals surface area contributed by atoms with Gasteiger partial charge in [0.15, 0.2) is 12.2 Å². The van der Waals surface area contributed by atoms with Gasteiger partial charge in [0.25, 0.3) is 0 Å². The van der Waals surface area contributed by atoms with Crippen molar-refractivity contribution >= 4 is 39.5 Å². The number of aliphatic hydroxyl groups is 1. The zero-order chi connectivity index (χ0) is 71.8. The third-order valence-corrected chi connectivity index (χ3v) is 17.7. The van der Waals surface area contributed by atoms with Gasteiger partial charge in [-0.25, -0.2) is 9.13 Å². The summed E-state index contributed by atoms with van der Waals surface area (Å²) in [6, 6.07) is 0. The average Bonchev–Trinajstić information content (AvgIpc) is 0.972. The summed E-state index contributed by atoms with van der Waals surface area (Å²) in [5, 5.41) is 10.6. The van der Waals surface area contributed by atoms with Gasteiger partial charge in [0.2, 0.25) is 0 Å². The Hall–Kier alpha value is -4.28. The number of phosphoric acid groups is 2. The lowest BCUT2D eigenvalue weighted by molar-refractivity contribution is -0.161. The second-order valence-electron chi connectivity index (χ2n) is 25.2. The molecule has 17 nitrogen and oxygen atoms in total. The Labute approximate surface area is 594 Å². The third kappa shape index (κ3) is 70.2. The monoisotopic (exact) mass is 1420 g/mol. The van der Waals surface area contributed by atoms with Gasteiger partial charge < -0.3 is 33.8 Å². The number of rotatable bonds is 71. The molecule has 0 rings (SSSR count). The number of ether oxygens (including phenoxy) is 4. The maximum absolute atomic E-state index is 13.1. The number of aliphatic hydroxyl groups excluding tert-OH is 1. The van der Waals surface area contributed by atoms with E-state index in [-0.39, 0.29) is 25.7 Å². The highest BCUT2D eigenvalue weighted by molar-refractivity contribution is 7.47. The number of carbonyl (C=O) groups is 4. The highest BCUT2D eigenvalue weighted by Crippen LogP contribution is 2.45. The molecule has 564 valence electrons. The van der Waals surface area contributed by atoms with E-state index in [0.717, 1.165) is 141 Å². The first-order valence-corrected chi connectivity index (χ1v) is 41.1. The minimum Gasteiger partial charge on any atom is -0.462 e. The van der Waals surface area contributed by atoms with Gasteiger partial charge in [-0.3, -0.25) is 37.3 Å². The van der Waals surface area contributed by atoms with Crippen LogP contribution in [0.1, 0.15) is 310 Å². The molecule has 0 amide bonds. The van der Waals surface area contributed by atoms with Crippen molar-refractivity contribution in [2.24, 2.45) is 0 Å². The van der Waals surface area contributed by atoms with Crippen molar-refractivity contribution in [3.8, 4) is 0 Å². The molecule has 0 saturated heterocycles. The highest BCUT2D eigenvalue weighted by Gasteiger charge is 2.30. The molecule has 0 saturated carbocycles. The number of hydrogen-bond acceptors (Lipinski definition) is 15. The Morgan fingerprint density at radius 3 is 0.837 bits per heavy atom. The first-order valence-electron chi connectivity index (χ1n) is 38.1. The van der Waals surface area contributed by atoms with Gasteiger partial charge in [0.1, 0.15) is 19.3 Å². The molecule has 0 aromatic heterocycles. The van der Waals surface area contributed by atoms with E-state index < -0.39 is 97.5 Å². The van der Waals surface area contributed by atoms with Crippen molar-refractivity contribution in [3.63, 3.8) is 0 Å². The van der Waals surface area contributed by atoms with E-state index >= 15 is 0 Å². The summed E-state index contributed by atoms with van der Waals surface area (Å²) in [6.07, 6.45) is 75.2. The summed E-state index contributed by atoms with van der Waals surface area (Å²) in [4.78, 5) is 72.8. The van der Waals surface area contributed by atoms with Gasteiger partial charge in [-0.1, -0.05) is 285 Å². The van der Waals surface area contributed by atoms with E-state index in [1.54, 1.807) is 0 Å². The standard InChI is InChI=1S/C79H136O17P2/c1-5-9-13-17-21-25-29-32-34-35-36-37-39-42-45-48-52-56-60-64-77(82)90-70-75(96-79(84)66-62-58-54-50-46-40-31-27-23-19-15-11-7-3)72-94-98(87,88)92-68-73(80)67-91-97(85,86)93-71-74(95-78(83)65-61-57-53-49-43-28-24-20-16-12-8-4)69-89-76(81)63-59-55-51-47-44-41-38-33-30-26-22-18-14-10-6-2/h9-10,13-14,21-22,25-26,32-34,36-38,42,44-45,47,73-75,80H,5-8,11-12,15-20,23-24,27-31,35,39-41,43,46,48-72H2,1-4H3,(H,85,86)(H,87,88)/b13-9-,14-10-,25-21-,26-22-,34-32-,37-36-,38-33-,45-42-,47-44-. The van der Waals surface area contributed by atoms with Crippen LogP contribution in [0, 0.1) is 0 Å². The first-order chi connectivity index (χ1) is 47.7. The topological polar surface area (TPSA) is 237 Å². The number of unbranched alkanes of at least 4 members (excludes halogenated alkanes) is 27. The second kappa shape index (κ2) is 71.1. The SMILES string of the molecule is CC/C=C\C/C=C\C/C=C\C/C=C\C/C=C\CCCCCC(=O)OCC(COP(=O)(O)OCC(O)COP(=O)(O)OCC(COC(=O)CCCC/C=C\C/C=C\C/C=C\C/C=C\CC)OC(=O)CCCCCCCCCCCCC)OC(=O)CCCCCCCCCCCCCCC. The lowest BCUT2D eigenvalue weighted by Crippen LogP contribution is -2.30. The lowest BCUT2D eigenvalue weighted by Gasteiger charge is -2.21. The van der Waals surface area contributed by atoms with Crippen LogP contribution in [0.5, 0.6) is 0 Å². The molecule has 0 aromatic rings. The summed E-state index contributed by atoms with van der Waals surface area (Å²) in [7, 11) is -9.96. The fourth-order valence-electron chi connectivity index (χ4n) is 10.0.